The van der Waals surface area contributed by atoms with E-state index in [2.05, 4.69) is 5.32 Å². The van der Waals surface area contributed by atoms with E-state index < -0.39 is 4.92 Å². The van der Waals surface area contributed by atoms with Gasteiger partial charge >= 0.3 is 6.09 Å². The molecule has 2 amide bonds. The van der Waals surface area contributed by atoms with Crippen LogP contribution in [0.15, 0.2) is 18.2 Å². The van der Waals surface area contributed by atoms with Crippen molar-refractivity contribution >= 4 is 23.4 Å². The van der Waals surface area contributed by atoms with Gasteiger partial charge in [0, 0.05) is 25.1 Å². The number of piperidine rings is 1. The Labute approximate surface area is 139 Å². The second-order valence-electron chi connectivity index (χ2n) is 5.66. The summed E-state index contributed by atoms with van der Waals surface area (Å²) in [6, 6.07) is 4.60. The lowest BCUT2D eigenvalue weighted by Gasteiger charge is -2.30. The second kappa shape index (κ2) is 7.76. The van der Waals surface area contributed by atoms with Gasteiger partial charge in [-0.1, -0.05) is 6.07 Å². The van der Waals surface area contributed by atoms with E-state index >= 15 is 0 Å². The van der Waals surface area contributed by atoms with Crippen LogP contribution >= 0.6 is 0 Å². The van der Waals surface area contributed by atoms with Crippen molar-refractivity contribution in [3.05, 3.63) is 33.9 Å². The number of ether oxygens (including phenoxy) is 1. The van der Waals surface area contributed by atoms with Crippen LogP contribution in [0.25, 0.3) is 0 Å². The number of rotatable bonds is 4. The van der Waals surface area contributed by atoms with Crippen molar-refractivity contribution in [3.63, 3.8) is 0 Å². The van der Waals surface area contributed by atoms with Crippen molar-refractivity contribution in [2.45, 2.75) is 26.7 Å². The lowest BCUT2D eigenvalue weighted by atomic mass is 9.96. The maximum atomic E-state index is 12.4. The van der Waals surface area contributed by atoms with Crippen LogP contribution in [0.1, 0.15) is 25.3 Å². The molecular weight excluding hydrogens is 314 g/mol. The number of nitrogens with zero attached hydrogens (tertiary/aromatic N) is 2. The Bertz CT molecular complexity index is 639. The van der Waals surface area contributed by atoms with Gasteiger partial charge in [0.05, 0.1) is 22.8 Å². The Morgan fingerprint density at radius 2 is 2.04 bits per heavy atom. The molecule has 0 bridgehead atoms. The zero-order valence-corrected chi connectivity index (χ0v) is 13.8. The normalized spacial score (nSPS) is 15.0. The molecule has 1 aliphatic rings. The van der Waals surface area contributed by atoms with Crippen LogP contribution in [0.5, 0.6) is 0 Å². The minimum absolute atomic E-state index is 0.0232. The Morgan fingerprint density at radius 3 is 2.62 bits per heavy atom. The highest BCUT2D eigenvalue weighted by molar-refractivity contribution is 5.94. The first-order chi connectivity index (χ1) is 11.4. The predicted molar refractivity (Wildman–Crippen MR) is 87.8 cm³/mol. The number of nitro benzene ring substituents is 1. The molecule has 1 N–H and O–H groups in total. The highest BCUT2D eigenvalue weighted by atomic mass is 16.6. The fourth-order valence-electron chi connectivity index (χ4n) is 2.73. The average Bonchev–Trinajstić information content (AvgIpc) is 2.56. The summed E-state index contributed by atoms with van der Waals surface area (Å²) >= 11 is 0. The van der Waals surface area contributed by atoms with Gasteiger partial charge in [0.25, 0.3) is 5.69 Å². The lowest BCUT2D eigenvalue weighted by Crippen LogP contribution is -2.41. The molecular formula is C16H21N3O5. The van der Waals surface area contributed by atoms with Crippen LogP contribution in [0.3, 0.4) is 0 Å². The molecule has 24 heavy (non-hydrogen) atoms. The molecule has 0 aromatic heterocycles. The summed E-state index contributed by atoms with van der Waals surface area (Å²) in [4.78, 5) is 36.1. The van der Waals surface area contributed by atoms with Gasteiger partial charge in [0.15, 0.2) is 0 Å². The number of nitrogens with one attached hydrogen (secondary N) is 1. The molecule has 8 nitrogen and oxygen atoms in total. The van der Waals surface area contributed by atoms with Gasteiger partial charge in [-0.3, -0.25) is 14.9 Å². The van der Waals surface area contributed by atoms with Crippen molar-refractivity contribution < 1.29 is 19.2 Å². The standard InChI is InChI=1S/C16H21N3O5/c1-3-24-16(21)18-9-7-12(8-10-18)15(20)17-13-5-4-6-14(11(13)2)19(22)23/h4-6,12H,3,7-10H2,1-2H3,(H,17,20). The number of carbonyl (C=O) groups excluding carboxylic acids is 2. The highest BCUT2D eigenvalue weighted by Crippen LogP contribution is 2.26. The van der Waals surface area contributed by atoms with Crippen molar-refractivity contribution in [3.8, 4) is 0 Å². The average molecular weight is 335 g/mol. The SMILES string of the molecule is CCOC(=O)N1CCC(C(=O)Nc2cccc([N+](=O)[O-])c2C)CC1. The Balaban J connectivity index is 1.96. The molecule has 130 valence electrons. The van der Waals surface area contributed by atoms with E-state index in [0.29, 0.717) is 43.8 Å². The Hall–Kier alpha value is -2.64. The second-order valence-corrected chi connectivity index (χ2v) is 5.66. The molecule has 0 saturated carbocycles. The molecule has 1 aliphatic heterocycles. The zero-order chi connectivity index (χ0) is 17.7. The summed E-state index contributed by atoms with van der Waals surface area (Å²) in [5.74, 6) is -0.406. The third-order valence-corrected chi connectivity index (χ3v) is 4.15. The first-order valence-electron chi connectivity index (χ1n) is 7.90. The predicted octanol–water partition coefficient (Wildman–Crippen LogP) is 2.71. The maximum absolute atomic E-state index is 12.4. The van der Waals surface area contributed by atoms with E-state index in [0.717, 1.165) is 0 Å². The van der Waals surface area contributed by atoms with Gasteiger partial charge in [0.1, 0.15) is 0 Å². The minimum atomic E-state index is -0.469. The summed E-state index contributed by atoms with van der Waals surface area (Å²) in [6.45, 7) is 4.61. The molecule has 2 rings (SSSR count). The molecule has 0 radical (unpaired) electrons. The van der Waals surface area contributed by atoms with Crippen molar-refractivity contribution in [1.29, 1.82) is 0 Å². The maximum Gasteiger partial charge on any atom is 0.409 e. The van der Waals surface area contributed by atoms with E-state index in [4.69, 9.17) is 4.74 Å². The number of benzene rings is 1. The van der Waals surface area contributed by atoms with Gasteiger partial charge in [-0.2, -0.15) is 0 Å². The molecule has 1 heterocycles. The van der Waals surface area contributed by atoms with E-state index in [-0.39, 0.29) is 23.6 Å². The smallest absolute Gasteiger partial charge is 0.409 e. The van der Waals surface area contributed by atoms with Gasteiger partial charge in [-0.05, 0) is 32.8 Å². The largest absolute Gasteiger partial charge is 0.450 e. The number of amides is 2. The van der Waals surface area contributed by atoms with Crippen LogP contribution in [0, 0.1) is 23.0 Å². The molecule has 1 aromatic rings. The van der Waals surface area contributed by atoms with E-state index in [1.807, 2.05) is 0 Å². The van der Waals surface area contributed by atoms with Gasteiger partial charge < -0.3 is 15.0 Å². The number of hydrogen-bond donors (Lipinski definition) is 1. The van der Waals surface area contributed by atoms with Crippen molar-refractivity contribution in [2.24, 2.45) is 5.92 Å². The van der Waals surface area contributed by atoms with Crippen LogP contribution in [-0.2, 0) is 9.53 Å². The van der Waals surface area contributed by atoms with Crippen molar-refractivity contribution in [1.82, 2.24) is 4.90 Å². The molecule has 1 aromatic carbocycles. The molecule has 1 fully saturated rings. The topological polar surface area (TPSA) is 102 Å². The first-order valence-corrected chi connectivity index (χ1v) is 7.90. The molecule has 0 spiro atoms. The fraction of sp³-hybridized carbons (Fsp3) is 0.500. The van der Waals surface area contributed by atoms with E-state index in [9.17, 15) is 19.7 Å². The van der Waals surface area contributed by atoms with Gasteiger partial charge in [-0.15, -0.1) is 0 Å². The highest BCUT2D eigenvalue weighted by Gasteiger charge is 2.28. The lowest BCUT2D eigenvalue weighted by molar-refractivity contribution is -0.385. The Kier molecular flexibility index (Phi) is 5.73. The number of anilines is 1. The van der Waals surface area contributed by atoms with E-state index in [1.54, 1.807) is 30.9 Å². The number of carbonyl (C=O) groups is 2. The van der Waals surface area contributed by atoms with Gasteiger partial charge in [-0.25, -0.2) is 4.79 Å². The number of hydrogen-bond acceptors (Lipinski definition) is 5. The summed E-state index contributed by atoms with van der Waals surface area (Å²) in [5.41, 5.74) is 0.853. The van der Waals surface area contributed by atoms with Crippen LogP contribution in [-0.4, -0.2) is 41.5 Å². The summed E-state index contributed by atoms with van der Waals surface area (Å²) in [5, 5.41) is 13.7. The third kappa shape index (κ3) is 4.01. The zero-order valence-electron chi connectivity index (χ0n) is 13.8. The fourth-order valence-corrected chi connectivity index (χ4v) is 2.73. The third-order valence-electron chi connectivity index (χ3n) is 4.15. The van der Waals surface area contributed by atoms with Crippen LogP contribution in [0.4, 0.5) is 16.2 Å². The van der Waals surface area contributed by atoms with Crippen molar-refractivity contribution in [2.75, 3.05) is 25.0 Å². The molecule has 0 aliphatic carbocycles. The monoisotopic (exact) mass is 335 g/mol. The van der Waals surface area contributed by atoms with Gasteiger partial charge in [0.2, 0.25) is 5.91 Å². The summed E-state index contributed by atoms with van der Waals surface area (Å²) in [7, 11) is 0. The summed E-state index contributed by atoms with van der Waals surface area (Å²) < 4.78 is 4.95. The number of likely N-dealkylation sites (tertiary alicyclic amines) is 1. The van der Waals surface area contributed by atoms with Crippen LogP contribution < -0.4 is 5.32 Å². The number of nitro groups is 1. The first kappa shape index (κ1) is 17.7. The summed E-state index contributed by atoms with van der Waals surface area (Å²) in [6.07, 6.45) is 0.725. The molecule has 1 saturated heterocycles. The molecule has 0 unspecified atom stereocenters. The minimum Gasteiger partial charge on any atom is -0.450 e. The van der Waals surface area contributed by atoms with E-state index in [1.165, 1.54) is 6.07 Å². The molecule has 8 heteroatoms. The Morgan fingerprint density at radius 1 is 1.38 bits per heavy atom. The quantitative estimate of drug-likeness (QED) is 0.673. The van der Waals surface area contributed by atoms with Crippen LogP contribution in [0.2, 0.25) is 0 Å². The molecule has 0 atom stereocenters.